The van der Waals surface area contributed by atoms with E-state index in [2.05, 4.69) is 10.6 Å². The van der Waals surface area contributed by atoms with Gasteiger partial charge in [0.1, 0.15) is 0 Å². The van der Waals surface area contributed by atoms with Gasteiger partial charge in [-0.1, -0.05) is 0 Å². The van der Waals surface area contributed by atoms with E-state index < -0.39 is 0 Å². The molecule has 0 radical (unpaired) electrons. The molecule has 0 spiro atoms. The topological polar surface area (TPSA) is 93.2 Å². The van der Waals surface area contributed by atoms with Crippen LogP contribution in [0.1, 0.15) is 12.0 Å². The van der Waals surface area contributed by atoms with Crippen molar-refractivity contribution in [2.45, 2.75) is 12.8 Å². The highest BCUT2D eigenvalue weighted by Gasteiger charge is 2.16. The average molecular weight is 220 g/mol. The van der Waals surface area contributed by atoms with Gasteiger partial charge in [-0.3, -0.25) is 4.79 Å². The van der Waals surface area contributed by atoms with Crippen LogP contribution < -0.4 is 22.1 Å². The lowest BCUT2D eigenvalue weighted by Gasteiger charge is -2.19. The number of amides is 1. The molecule has 0 aromatic heterocycles. The number of nitrogens with two attached hydrogens (primary N) is 2. The van der Waals surface area contributed by atoms with Gasteiger partial charge in [0.15, 0.2) is 0 Å². The van der Waals surface area contributed by atoms with Crippen molar-refractivity contribution in [3.8, 4) is 0 Å². The first-order chi connectivity index (χ1) is 7.70. The van der Waals surface area contributed by atoms with Gasteiger partial charge in [-0.05, 0) is 24.1 Å². The van der Waals surface area contributed by atoms with Crippen molar-refractivity contribution in [2.24, 2.45) is 5.73 Å². The summed E-state index contributed by atoms with van der Waals surface area (Å²) in [5.74, 6) is 0.0505. The van der Waals surface area contributed by atoms with E-state index in [1.807, 2.05) is 6.07 Å². The summed E-state index contributed by atoms with van der Waals surface area (Å²) < 4.78 is 0. The Morgan fingerprint density at radius 2 is 2.19 bits per heavy atom. The van der Waals surface area contributed by atoms with Crippen LogP contribution in [-0.4, -0.2) is 19.0 Å². The highest BCUT2D eigenvalue weighted by atomic mass is 16.1. The van der Waals surface area contributed by atoms with Gasteiger partial charge >= 0.3 is 0 Å². The van der Waals surface area contributed by atoms with E-state index in [1.54, 1.807) is 6.07 Å². The van der Waals surface area contributed by atoms with Crippen molar-refractivity contribution >= 4 is 23.0 Å². The third-order valence-electron chi connectivity index (χ3n) is 2.63. The Labute approximate surface area is 94.2 Å². The predicted molar refractivity (Wildman–Crippen MR) is 65.3 cm³/mol. The number of anilines is 3. The fourth-order valence-electron chi connectivity index (χ4n) is 1.81. The van der Waals surface area contributed by atoms with Gasteiger partial charge in [0, 0.05) is 25.2 Å². The molecule has 5 nitrogen and oxygen atoms in total. The number of aryl methyl sites for hydroxylation is 1. The molecule has 2 rings (SSSR count). The van der Waals surface area contributed by atoms with E-state index in [1.165, 1.54) is 0 Å². The maximum Gasteiger partial charge on any atom is 0.224 e. The van der Waals surface area contributed by atoms with Crippen molar-refractivity contribution in [2.75, 3.05) is 29.5 Å². The monoisotopic (exact) mass is 220 g/mol. The van der Waals surface area contributed by atoms with Gasteiger partial charge in [-0.2, -0.15) is 0 Å². The Bertz CT molecular complexity index is 417. The van der Waals surface area contributed by atoms with Crippen LogP contribution in [0.3, 0.4) is 0 Å². The molecule has 6 N–H and O–H groups in total. The van der Waals surface area contributed by atoms with E-state index >= 15 is 0 Å². The number of hydrogen-bond donors (Lipinski definition) is 4. The zero-order valence-corrected chi connectivity index (χ0v) is 9.05. The van der Waals surface area contributed by atoms with Crippen LogP contribution >= 0.6 is 0 Å². The molecule has 5 heteroatoms. The zero-order valence-electron chi connectivity index (χ0n) is 9.05. The van der Waals surface area contributed by atoms with Crippen molar-refractivity contribution in [3.63, 3.8) is 0 Å². The smallest absolute Gasteiger partial charge is 0.224 e. The average Bonchev–Trinajstić information content (AvgIpc) is 2.26. The normalized spacial score (nSPS) is 14.2. The lowest BCUT2D eigenvalue weighted by Crippen LogP contribution is -2.20. The van der Waals surface area contributed by atoms with Crippen LogP contribution in [0, 0.1) is 0 Å². The van der Waals surface area contributed by atoms with Crippen LogP contribution in [0.5, 0.6) is 0 Å². The molecule has 0 saturated heterocycles. The molecule has 0 bridgehead atoms. The first kappa shape index (κ1) is 10.8. The van der Waals surface area contributed by atoms with Gasteiger partial charge < -0.3 is 22.1 Å². The van der Waals surface area contributed by atoms with Crippen molar-refractivity contribution < 1.29 is 4.79 Å². The number of carbonyl (C=O) groups is 1. The third kappa shape index (κ3) is 2.09. The van der Waals surface area contributed by atoms with E-state index in [0.717, 1.165) is 23.4 Å². The number of carbonyl (C=O) groups excluding carboxylic acids is 1. The lowest BCUT2D eigenvalue weighted by atomic mass is 10.0. The Hall–Kier alpha value is -1.75. The number of rotatable bonds is 3. The SMILES string of the molecule is NCCNc1cc2c(cc1N)NC(=O)CC2. The second-order valence-corrected chi connectivity index (χ2v) is 3.86. The number of hydrogen-bond acceptors (Lipinski definition) is 4. The summed E-state index contributed by atoms with van der Waals surface area (Å²) in [6.07, 6.45) is 1.30. The molecule has 1 heterocycles. The molecule has 16 heavy (non-hydrogen) atoms. The van der Waals surface area contributed by atoms with Gasteiger partial charge in [-0.15, -0.1) is 0 Å². The highest BCUT2D eigenvalue weighted by Crippen LogP contribution is 2.30. The number of nitrogen functional groups attached to an aromatic ring is 1. The fraction of sp³-hybridized carbons (Fsp3) is 0.364. The molecule has 1 aromatic carbocycles. The Kier molecular flexibility index (Phi) is 2.96. The summed E-state index contributed by atoms with van der Waals surface area (Å²) in [7, 11) is 0. The van der Waals surface area contributed by atoms with Crippen LogP contribution in [0.4, 0.5) is 17.1 Å². The quantitative estimate of drug-likeness (QED) is 0.559. The molecule has 86 valence electrons. The van der Waals surface area contributed by atoms with Crippen LogP contribution in [0.2, 0.25) is 0 Å². The lowest BCUT2D eigenvalue weighted by molar-refractivity contribution is -0.116. The molecule has 0 unspecified atom stereocenters. The zero-order chi connectivity index (χ0) is 11.5. The first-order valence-corrected chi connectivity index (χ1v) is 5.37. The number of nitrogens with one attached hydrogen (secondary N) is 2. The molecular weight excluding hydrogens is 204 g/mol. The van der Waals surface area contributed by atoms with E-state index in [0.29, 0.717) is 25.2 Å². The van der Waals surface area contributed by atoms with Crippen molar-refractivity contribution in [1.29, 1.82) is 0 Å². The van der Waals surface area contributed by atoms with E-state index in [9.17, 15) is 4.79 Å². The van der Waals surface area contributed by atoms with Crippen LogP contribution in [0.15, 0.2) is 12.1 Å². The number of fused-ring (bicyclic) bond motifs is 1. The summed E-state index contributed by atoms with van der Waals surface area (Å²) in [5, 5.41) is 5.97. The van der Waals surface area contributed by atoms with Gasteiger partial charge in [-0.25, -0.2) is 0 Å². The summed E-state index contributed by atoms with van der Waals surface area (Å²) in [6, 6.07) is 3.78. The predicted octanol–water partition coefficient (Wildman–Crippen LogP) is 0.524. The molecule has 1 aromatic rings. The van der Waals surface area contributed by atoms with Crippen molar-refractivity contribution in [3.05, 3.63) is 17.7 Å². The van der Waals surface area contributed by atoms with Crippen LogP contribution in [0.25, 0.3) is 0 Å². The van der Waals surface area contributed by atoms with E-state index in [-0.39, 0.29) is 5.91 Å². The standard InChI is InChI=1S/C11H16N4O/c12-3-4-14-10-5-7-1-2-11(16)15-9(7)6-8(10)13/h5-6,14H,1-4,12-13H2,(H,15,16). The Balaban J connectivity index is 2.27. The second-order valence-electron chi connectivity index (χ2n) is 3.86. The highest BCUT2D eigenvalue weighted by molar-refractivity contribution is 5.95. The minimum atomic E-state index is 0.0505. The maximum absolute atomic E-state index is 11.2. The largest absolute Gasteiger partial charge is 0.397 e. The summed E-state index contributed by atoms with van der Waals surface area (Å²) >= 11 is 0. The molecule has 1 aliphatic rings. The van der Waals surface area contributed by atoms with Crippen molar-refractivity contribution in [1.82, 2.24) is 0 Å². The third-order valence-corrected chi connectivity index (χ3v) is 2.63. The summed E-state index contributed by atoms with van der Waals surface area (Å²) in [5.41, 5.74) is 14.8. The maximum atomic E-state index is 11.2. The van der Waals surface area contributed by atoms with Gasteiger partial charge in [0.2, 0.25) is 5.91 Å². The molecule has 0 fully saturated rings. The molecule has 1 aliphatic heterocycles. The molecular formula is C11H16N4O. The van der Waals surface area contributed by atoms with Crippen LogP contribution in [-0.2, 0) is 11.2 Å². The fourth-order valence-corrected chi connectivity index (χ4v) is 1.81. The van der Waals surface area contributed by atoms with Gasteiger partial charge in [0.25, 0.3) is 0 Å². The van der Waals surface area contributed by atoms with E-state index in [4.69, 9.17) is 11.5 Å². The second kappa shape index (κ2) is 4.40. The summed E-state index contributed by atoms with van der Waals surface area (Å²) in [4.78, 5) is 11.2. The first-order valence-electron chi connectivity index (χ1n) is 5.37. The summed E-state index contributed by atoms with van der Waals surface area (Å²) in [6.45, 7) is 1.25. The molecule has 1 amide bonds. The Morgan fingerprint density at radius 1 is 1.38 bits per heavy atom. The molecule has 0 atom stereocenters. The van der Waals surface area contributed by atoms with Gasteiger partial charge in [0.05, 0.1) is 11.4 Å². The Morgan fingerprint density at radius 3 is 2.94 bits per heavy atom. The minimum Gasteiger partial charge on any atom is -0.397 e. The molecule has 0 aliphatic carbocycles. The number of benzene rings is 1. The molecule has 0 saturated carbocycles. The minimum absolute atomic E-state index is 0.0505.